The molecule has 0 aliphatic carbocycles. The van der Waals surface area contributed by atoms with Gasteiger partial charge in [0.15, 0.2) is 0 Å². The molecule has 1 aromatic rings. The number of aldehydes is 1. The Labute approximate surface area is 93.2 Å². The van der Waals surface area contributed by atoms with E-state index in [0.29, 0.717) is 12.0 Å². The molecule has 0 bridgehead atoms. The second-order valence-electron chi connectivity index (χ2n) is 3.59. The van der Waals surface area contributed by atoms with Crippen molar-refractivity contribution in [2.75, 3.05) is 7.11 Å². The summed E-state index contributed by atoms with van der Waals surface area (Å²) in [4.78, 5) is 10.3. The largest absolute Gasteiger partial charge is 0.496 e. The molecule has 0 saturated heterocycles. The lowest BCUT2D eigenvalue weighted by atomic mass is 9.98. The minimum atomic E-state index is -2.97. The summed E-state index contributed by atoms with van der Waals surface area (Å²) in [5.41, 5.74) is 0.332. The first-order valence-corrected chi connectivity index (χ1v) is 4.98. The van der Waals surface area contributed by atoms with E-state index in [2.05, 4.69) is 0 Å². The number of rotatable bonds is 5. The maximum atomic E-state index is 13.4. The van der Waals surface area contributed by atoms with Crippen molar-refractivity contribution >= 4 is 6.29 Å². The smallest absolute Gasteiger partial charge is 0.274 e. The van der Waals surface area contributed by atoms with Crippen LogP contribution in [-0.4, -0.2) is 13.4 Å². The number of aryl methyl sites for hydroxylation is 1. The Balaban J connectivity index is 3.20. The first-order valence-electron chi connectivity index (χ1n) is 4.98. The van der Waals surface area contributed by atoms with Gasteiger partial charge in [-0.25, -0.2) is 8.78 Å². The average molecular weight is 228 g/mol. The lowest BCUT2D eigenvalue weighted by molar-refractivity contribution is -0.107. The highest BCUT2D eigenvalue weighted by Gasteiger charge is 2.31. The molecule has 0 radical (unpaired) electrons. The third-order valence-corrected chi connectivity index (χ3v) is 2.30. The fourth-order valence-electron chi connectivity index (χ4n) is 1.67. The molecule has 0 aliphatic rings. The predicted octanol–water partition coefficient (Wildman–Crippen LogP) is 2.94. The predicted molar refractivity (Wildman–Crippen MR) is 56.9 cm³/mol. The van der Waals surface area contributed by atoms with Gasteiger partial charge in [0, 0.05) is 13.3 Å². The Morgan fingerprint density at radius 2 is 2.12 bits per heavy atom. The number of hydrogen-bond acceptors (Lipinski definition) is 2. The second-order valence-corrected chi connectivity index (χ2v) is 3.59. The van der Waals surface area contributed by atoms with Crippen LogP contribution in [0.1, 0.15) is 24.5 Å². The molecule has 4 heteroatoms. The van der Waals surface area contributed by atoms with Gasteiger partial charge in [-0.2, -0.15) is 0 Å². The number of carbonyl (C=O) groups excluding carboxylic acids is 1. The molecule has 2 nitrogen and oxygen atoms in total. The minimum absolute atomic E-state index is 0.126. The minimum Gasteiger partial charge on any atom is -0.496 e. The summed E-state index contributed by atoms with van der Waals surface area (Å²) < 4.78 is 31.8. The molecule has 0 heterocycles. The van der Waals surface area contributed by atoms with Gasteiger partial charge >= 0.3 is 0 Å². The van der Waals surface area contributed by atoms with Crippen LogP contribution < -0.4 is 4.74 Å². The summed E-state index contributed by atoms with van der Waals surface area (Å²) in [7, 11) is 1.36. The van der Waals surface area contributed by atoms with E-state index in [0.717, 1.165) is 13.2 Å². The Kier molecular flexibility index (Phi) is 3.99. The quantitative estimate of drug-likeness (QED) is 0.724. The summed E-state index contributed by atoms with van der Waals surface area (Å²) in [5, 5.41) is 0. The standard InChI is InChI=1S/C12H14F2O2/c1-12(13,14)11-9(6-4-8-15)5-3-7-10(11)16-2/h3,5,7-8H,4,6H2,1-2H3. The van der Waals surface area contributed by atoms with Gasteiger partial charge in [-0.15, -0.1) is 0 Å². The molecule has 0 spiro atoms. The molecule has 0 atom stereocenters. The number of benzene rings is 1. The Morgan fingerprint density at radius 1 is 1.44 bits per heavy atom. The zero-order valence-electron chi connectivity index (χ0n) is 9.30. The average Bonchev–Trinajstić information content (AvgIpc) is 2.24. The van der Waals surface area contributed by atoms with E-state index in [9.17, 15) is 13.6 Å². The lowest BCUT2D eigenvalue weighted by Crippen LogP contribution is -2.13. The number of hydrogen-bond donors (Lipinski definition) is 0. The van der Waals surface area contributed by atoms with Crippen molar-refractivity contribution in [1.82, 2.24) is 0 Å². The highest BCUT2D eigenvalue weighted by atomic mass is 19.3. The summed E-state index contributed by atoms with van der Waals surface area (Å²) in [6.07, 6.45) is 1.26. The van der Waals surface area contributed by atoms with E-state index in [4.69, 9.17) is 4.74 Å². The highest BCUT2D eigenvalue weighted by molar-refractivity contribution is 5.51. The van der Waals surface area contributed by atoms with E-state index in [1.54, 1.807) is 12.1 Å². The molecule has 0 fully saturated rings. The molecule has 88 valence electrons. The zero-order valence-corrected chi connectivity index (χ0v) is 9.30. The van der Waals surface area contributed by atoms with Gasteiger partial charge in [-0.05, 0) is 18.1 Å². The van der Waals surface area contributed by atoms with Crippen LogP contribution in [0.25, 0.3) is 0 Å². The molecular formula is C12H14F2O2. The SMILES string of the molecule is COc1cccc(CCC=O)c1C(C)(F)F. The first kappa shape index (κ1) is 12.6. The monoisotopic (exact) mass is 228 g/mol. The van der Waals surface area contributed by atoms with Gasteiger partial charge in [-0.1, -0.05) is 12.1 Å². The molecule has 1 aromatic carbocycles. The fourth-order valence-corrected chi connectivity index (χ4v) is 1.67. The van der Waals surface area contributed by atoms with Crippen LogP contribution in [0.2, 0.25) is 0 Å². The van der Waals surface area contributed by atoms with E-state index in [1.165, 1.54) is 13.2 Å². The van der Waals surface area contributed by atoms with Crippen LogP contribution in [0.15, 0.2) is 18.2 Å². The number of alkyl halides is 2. The Hall–Kier alpha value is -1.45. The van der Waals surface area contributed by atoms with Crippen LogP contribution in [0.4, 0.5) is 8.78 Å². The van der Waals surface area contributed by atoms with Crippen molar-refractivity contribution in [3.63, 3.8) is 0 Å². The molecule has 1 rings (SSSR count). The van der Waals surface area contributed by atoms with Crippen molar-refractivity contribution in [2.24, 2.45) is 0 Å². The molecule has 0 aliphatic heterocycles. The van der Waals surface area contributed by atoms with Gasteiger partial charge in [-0.3, -0.25) is 0 Å². The van der Waals surface area contributed by atoms with E-state index in [-0.39, 0.29) is 17.7 Å². The first-order chi connectivity index (χ1) is 7.50. The molecule has 0 aromatic heterocycles. The Morgan fingerprint density at radius 3 is 2.62 bits per heavy atom. The van der Waals surface area contributed by atoms with Crippen LogP contribution in [0.3, 0.4) is 0 Å². The maximum Gasteiger partial charge on any atom is 0.274 e. The molecule has 0 saturated carbocycles. The summed E-state index contributed by atoms with van der Waals surface area (Å²) in [6.45, 7) is 0.829. The van der Waals surface area contributed by atoms with Crippen LogP contribution in [-0.2, 0) is 17.1 Å². The van der Waals surface area contributed by atoms with Crippen LogP contribution in [0.5, 0.6) is 5.75 Å². The number of carbonyl (C=O) groups is 1. The van der Waals surface area contributed by atoms with Crippen molar-refractivity contribution in [2.45, 2.75) is 25.7 Å². The number of ether oxygens (including phenoxy) is 1. The zero-order chi connectivity index (χ0) is 12.2. The molecule has 16 heavy (non-hydrogen) atoms. The van der Waals surface area contributed by atoms with Crippen molar-refractivity contribution < 1.29 is 18.3 Å². The van der Waals surface area contributed by atoms with Gasteiger partial charge in [0.25, 0.3) is 5.92 Å². The number of methoxy groups -OCH3 is 1. The molecule has 0 unspecified atom stereocenters. The van der Waals surface area contributed by atoms with E-state index in [1.807, 2.05) is 0 Å². The molecular weight excluding hydrogens is 214 g/mol. The summed E-state index contributed by atoms with van der Waals surface area (Å²) >= 11 is 0. The Bertz CT molecular complexity index is 370. The molecule has 0 N–H and O–H groups in total. The van der Waals surface area contributed by atoms with Crippen molar-refractivity contribution in [3.05, 3.63) is 29.3 Å². The normalized spacial score (nSPS) is 11.2. The summed E-state index contributed by atoms with van der Waals surface area (Å²) in [6, 6.07) is 4.74. The summed E-state index contributed by atoms with van der Waals surface area (Å²) in [5.74, 6) is -2.80. The van der Waals surface area contributed by atoms with Crippen molar-refractivity contribution in [1.29, 1.82) is 0 Å². The highest BCUT2D eigenvalue weighted by Crippen LogP contribution is 2.37. The maximum absolute atomic E-state index is 13.4. The van der Waals surface area contributed by atoms with Crippen LogP contribution in [0, 0.1) is 0 Å². The van der Waals surface area contributed by atoms with Crippen LogP contribution >= 0.6 is 0 Å². The van der Waals surface area contributed by atoms with Gasteiger partial charge in [0.05, 0.1) is 12.7 Å². The van der Waals surface area contributed by atoms with Crippen molar-refractivity contribution in [3.8, 4) is 5.75 Å². The lowest BCUT2D eigenvalue weighted by Gasteiger charge is -2.18. The van der Waals surface area contributed by atoms with E-state index >= 15 is 0 Å². The third-order valence-electron chi connectivity index (χ3n) is 2.30. The second kappa shape index (κ2) is 5.05. The topological polar surface area (TPSA) is 26.3 Å². The van der Waals surface area contributed by atoms with Gasteiger partial charge in [0.1, 0.15) is 12.0 Å². The third kappa shape index (κ3) is 2.78. The van der Waals surface area contributed by atoms with Gasteiger partial charge in [0.2, 0.25) is 0 Å². The molecule has 0 amide bonds. The van der Waals surface area contributed by atoms with Gasteiger partial charge < -0.3 is 9.53 Å². The fraction of sp³-hybridized carbons (Fsp3) is 0.417. The van der Waals surface area contributed by atoms with E-state index < -0.39 is 5.92 Å². The number of halogens is 2.